The van der Waals surface area contributed by atoms with Crippen LogP contribution in [0.15, 0.2) is 23.2 Å². The molecule has 1 aliphatic heterocycles. The van der Waals surface area contributed by atoms with Gasteiger partial charge in [0.2, 0.25) is 10.0 Å². The summed E-state index contributed by atoms with van der Waals surface area (Å²) >= 11 is 0. The summed E-state index contributed by atoms with van der Waals surface area (Å²) in [4.78, 5) is 4.52. The zero-order chi connectivity index (χ0) is 17.5. The Hall–Kier alpha value is -1.18. The molecule has 25 heavy (non-hydrogen) atoms. The number of aromatic nitrogens is 1. The minimum absolute atomic E-state index is 0.278. The molecule has 1 saturated carbocycles. The third-order valence-electron chi connectivity index (χ3n) is 4.97. The molecule has 0 aromatic carbocycles. The highest BCUT2D eigenvalue weighted by Gasteiger charge is 2.27. The van der Waals surface area contributed by atoms with Crippen molar-refractivity contribution in [1.29, 1.82) is 0 Å². The molecule has 0 amide bonds. The maximum Gasteiger partial charge on any atom is 0.244 e. The molecule has 1 N–H and O–H groups in total. The molecule has 0 radical (unpaired) electrons. The number of sulfonamides is 1. The van der Waals surface area contributed by atoms with E-state index in [0.29, 0.717) is 25.0 Å². The lowest BCUT2D eigenvalue weighted by Crippen LogP contribution is -2.27. The molecule has 2 fully saturated rings. The van der Waals surface area contributed by atoms with E-state index in [2.05, 4.69) is 10.3 Å². The second-order valence-corrected chi connectivity index (χ2v) is 8.84. The molecule has 2 heterocycles. The van der Waals surface area contributed by atoms with Gasteiger partial charge in [-0.2, -0.15) is 4.31 Å². The molecular weight excluding hydrogens is 338 g/mol. The van der Waals surface area contributed by atoms with Gasteiger partial charge in [-0.3, -0.25) is 0 Å². The summed E-state index contributed by atoms with van der Waals surface area (Å²) in [5.41, 5.74) is 0. The maximum absolute atomic E-state index is 12.4. The second-order valence-electron chi connectivity index (χ2n) is 6.90. The van der Waals surface area contributed by atoms with Crippen LogP contribution in [0.3, 0.4) is 0 Å². The molecule has 1 aromatic heterocycles. The van der Waals surface area contributed by atoms with Crippen molar-refractivity contribution in [2.24, 2.45) is 0 Å². The predicted octanol–water partition coefficient (Wildman–Crippen LogP) is 3.02. The van der Waals surface area contributed by atoms with E-state index >= 15 is 0 Å². The second kappa shape index (κ2) is 8.96. The summed E-state index contributed by atoms with van der Waals surface area (Å²) in [6, 6.07) is 3.38. The first kappa shape index (κ1) is 18.6. The van der Waals surface area contributed by atoms with E-state index in [4.69, 9.17) is 4.74 Å². The molecule has 1 saturated heterocycles. The lowest BCUT2D eigenvalue weighted by molar-refractivity contribution is 0.0284. The zero-order valence-corrected chi connectivity index (χ0v) is 15.6. The summed E-state index contributed by atoms with van der Waals surface area (Å²) in [6.45, 7) is 2.77. The fraction of sp³-hybridized carbons (Fsp3) is 0.722. The minimum Gasteiger partial charge on any atom is -0.378 e. The van der Waals surface area contributed by atoms with Crippen molar-refractivity contribution >= 4 is 15.8 Å². The molecule has 3 rings (SSSR count). The van der Waals surface area contributed by atoms with E-state index in [1.165, 1.54) is 38.3 Å². The highest BCUT2D eigenvalue weighted by molar-refractivity contribution is 7.89. The van der Waals surface area contributed by atoms with Crippen LogP contribution in [0.4, 0.5) is 5.82 Å². The van der Waals surface area contributed by atoms with E-state index < -0.39 is 10.0 Å². The van der Waals surface area contributed by atoms with Gasteiger partial charge in [-0.05, 0) is 44.2 Å². The van der Waals surface area contributed by atoms with Crippen LogP contribution < -0.4 is 5.32 Å². The zero-order valence-electron chi connectivity index (χ0n) is 14.8. The molecule has 2 aliphatic rings. The number of rotatable bonds is 8. The van der Waals surface area contributed by atoms with Gasteiger partial charge in [-0.25, -0.2) is 13.4 Å². The molecule has 0 spiro atoms. The van der Waals surface area contributed by atoms with Gasteiger partial charge in [-0.1, -0.05) is 19.3 Å². The van der Waals surface area contributed by atoms with Crippen molar-refractivity contribution in [2.45, 2.75) is 62.4 Å². The van der Waals surface area contributed by atoms with Crippen LogP contribution in [0.2, 0.25) is 0 Å². The molecule has 0 bridgehead atoms. The molecular formula is C18H29N3O3S. The van der Waals surface area contributed by atoms with Gasteiger partial charge in [0.25, 0.3) is 0 Å². The standard InChI is InChI=1S/C18H29N3O3S/c22-25(23,21-12-4-5-13-21)17-9-10-18(20-15-17)19-11-6-14-24-16-7-2-1-3-8-16/h9-10,15-16H,1-8,11-14H2,(H,19,20). The summed E-state index contributed by atoms with van der Waals surface area (Å²) in [5, 5.41) is 3.23. The average Bonchev–Trinajstić information content (AvgIpc) is 3.18. The first-order valence-corrected chi connectivity index (χ1v) is 10.9. The molecule has 140 valence electrons. The highest BCUT2D eigenvalue weighted by atomic mass is 32.2. The van der Waals surface area contributed by atoms with Crippen molar-refractivity contribution in [2.75, 3.05) is 31.6 Å². The molecule has 0 unspecified atom stereocenters. The Morgan fingerprint density at radius 2 is 1.88 bits per heavy atom. The van der Waals surface area contributed by atoms with Gasteiger partial charge < -0.3 is 10.1 Å². The number of hydrogen-bond donors (Lipinski definition) is 1. The smallest absolute Gasteiger partial charge is 0.244 e. The van der Waals surface area contributed by atoms with Crippen LogP contribution in [-0.2, 0) is 14.8 Å². The lowest BCUT2D eigenvalue weighted by atomic mass is 9.98. The van der Waals surface area contributed by atoms with Crippen molar-refractivity contribution in [3.8, 4) is 0 Å². The average molecular weight is 368 g/mol. The van der Waals surface area contributed by atoms with Crippen molar-refractivity contribution in [3.63, 3.8) is 0 Å². The normalized spacial score (nSPS) is 20.0. The largest absolute Gasteiger partial charge is 0.378 e. The number of pyridine rings is 1. The molecule has 0 atom stereocenters. The van der Waals surface area contributed by atoms with Crippen molar-refractivity contribution in [3.05, 3.63) is 18.3 Å². The molecule has 6 nitrogen and oxygen atoms in total. The van der Waals surface area contributed by atoms with Crippen LogP contribution >= 0.6 is 0 Å². The number of hydrogen-bond acceptors (Lipinski definition) is 5. The third kappa shape index (κ3) is 5.15. The van der Waals surface area contributed by atoms with E-state index in [-0.39, 0.29) is 4.90 Å². The van der Waals surface area contributed by atoms with Crippen LogP contribution in [0, 0.1) is 0 Å². The van der Waals surface area contributed by atoms with Gasteiger partial charge in [0.1, 0.15) is 10.7 Å². The molecule has 7 heteroatoms. The maximum atomic E-state index is 12.4. The Bertz CT molecular complexity index is 621. The van der Waals surface area contributed by atoms with Crippen LogP contribution in [0.5, 0.6) is 0 Å². The lowest BCUT2D eigenvalue weighted by Gasteiger charge is -2.21. The number of ether oxygens (including phenoxy) is 1. The van der Waals surface area contributed by atoms with E-state index in [9.17, 15) is 8.42 Å². The third-order valence-corrected chi connectivity index (χ3v) is 6.85. The quantitative estimate of drug-likeness (QED) is 0.715. The predicted molar refractivity (Wildman–Crippen MR) is 98.2 cm³/mol. The van der Waals surface area contributed by atoms with Crippen LogP contribution in [0.1, 0.15) is 51.4 Å². The SMILES string of the molecule is O=S(=O)(c1ccc(NCCCOC2CCCCC2)nc1)N1CCCC1. The molecule has 1 aromatic rings. The fourth-order valence-electron chi connectivity index (χ4n) is 3.49. The topological polar surface area (TPSA) is 71.5 Å². The van der Waals surface area contributed by atoms with Gasteiger partial charge in [-0.15, -0.1) is 0 Å². The van der Waals surface area contributed by atoms with E-state index in [0.717, 1.165) is 32.4 Å². The van der Waals surface area contributed by atoms with Gasteiger partial charge >= 0.3 is 0 Å². The summed E-state index contributed by atoms with van der Waals surface area (Å²) in [5.74, 6) is 0.707. The van der Waals surface area contributed by atoms with Crippen molar-refractivity contribution < 1.29 is 13.2 Å². The van der Waals surface area contributed by atoms with E-state index in [1.807, 2.05) is 0 Å². The van der Waals surface area contributed by atoms with Crippen LogP contribution in [-0.4, -0.2) is 50.1 Å². The Morgan fingerprint density at radius 1 is 1.12 bits per heavy atom. The number of anilines is 1. The Morgan fingerprint density at radius 3 is 2.56 bits per heavy atom. The van der Waals surface area contributed by atoms with E-state index in [1.54, 1.807) is 16.4 Å². The Kier molecular flexibility index (Phi) is 6.67. The number of nitrogens with zero attached hydrogens (tertiary/aromatic N) is 2. The first-order chi connectivity index (χ1) is 12.2. The van der Waals surface area contributed by atoms with Gasteiger partial charge in [0, 0.05) is 32.4 Å². The highest BCUT2D eigenvalue weighted by Crippen LogP contribution is 2.21. The monoisotopic (exact) mass is 367 g/mol. The summed E-state index contributed by atoms with van der Waals surface area (Å²) in [7, 11) is -3.37. The number of nitrogens with one attached hydrogen (secondary N) is 1. The Labute approximate surface area is 151 Å². The Balaban J connectivity index is 1.40. The van der Waals surface area contributed by atoms with Gasteiger partial charge in [0.05, 0.1) is 6.10 Å². The fourth-order valence-corrected chi connectivity index (χ4v) is 4.95. The van der Waals surface area contributed by atoms with Crippen molar-refractivity contribution in [1.82, 2.24) is 9.29 Å². The summed E-state index contributed by atoms with van der Waals surface area (Å²) in [6.07, 6.45) is 11.0. The minimum atomic E-state index is -3.37. The summed E-state index contributed by atoms with van der Waals surface area (Å²) < 4.78 is 32.3. The van der Waals surface area contributed by atoms with Crippen LogP contribution in [0.25, 0.3) is 0 Å². The first-order valence-electron chi connectivity index (χ1n) is 9.48. The van der Waals surface area contributed by atoms with Gasteiger partial charge in [0.15, 0.2) is 0 Å². The molecule has 1 aliphatic carbocycles.